The van der Waals surface area contributed by atoms with E-state index in [4.69, 9.17) is 37.9 Å². The highest BCUT2D eigenvalue weighted by atomic mass is 16.7. The topological polar surface area (TPSA) is 142 Å². The van der Waals surface area contributed by atoms with E-state index in [9.17, 15) is 19.2 Å². The number of hydrogen-bond donors (Lipinski definition) is 0. The van der Waals surface area contributed by atoms with Gasteiger partial charge in [0.2, 0.25) is 0 Å². The SMILES string of the molecule is C=CC(=O)OCCCCCCOc1ccc(C(=O)Oc2ccc(OC(=O)c3ccc(OC(=O)C4CCC(OCCCCCCOC5CCCCO5)CC4)cc3)c(C)c2)cc1. The van der Waals surface area contributed by atoms with Crippen molar-refractivity contribution in [2.24, 2.45) is 5.92 Å². The first-order valence-corrected chi connectivity index (χ1v) is 21.5. The molecule has 0 bridgehead atoms. The molecule has 1 heterocycles. The van der Waals surface area contributed by atoms with E-state index in [1.807, 2.05) is 0 Å². The Morgan fingerprint density at radius 3 is 1.87 bits per heavy atom. The standard InChI is InChI=1S/C48H60O12/c1-3-44(49)55-31-11-6-4-9-29-53-40-23-17-37(18-24-40)47(51)59-42-27-28-43(35(2)34-42)60-48(52)38-19-25-41(26-20-38)58-46(50)36-15-21-39(22-16-36)54-30-10-5-7-12-32-56-45-14-8-13-33-57-45/h3,17-20,23-28,34,36,39,45H,1,4-16,21-22,29-33H2,2H3. The molecule has 5 rings (SSSR count). The summed E-state index contributed by atoms with van der Waals surface area (Å²) < 4.78 is 45.1. The van der Waals surface area contributed by atoms with Gasteiger partial charge in [-0.1, -0.05) is 19.4 Å². The lowest BCUT2D eigenvalue weighted by molar-refractivity contribution is -0.162. The first-order valence-electron chi connectivity index (χ1n) is 21.5. The van der Waals surface area contributed by atoms with E-state index in [2.05, 4.69) is 6.58 Å². The van der Waals surface area contributed by atoms with Crippen molar-refractivity contribution >= 4 is 23.9 Å². The van der Waals surface area contributed by atoms with Crippen molar-refractivity contribution in [1.29, 1.82) is 0 Å². The van der Waals surface area contributed by atoms with Gasteiger partial charge in [-0.3, -0.25) is 4.79 Å². The Balaban J connectivity index is 0.939. The maximum absolute atomic E-state index is 13.0. The molecule has 2 fully saturated rings. The Kier molecular flexibility index (Phi) is 19.6. The van der Waals surface area contributed by atoms with Gasteiger partial charge in [0.25, 0.3) is 0 Å². The largest absolute Gasteiger partial charge is 0.494 e. The van der Waals surface area contributed by atoms with Crippen molar-refractivity contribution in [1.82, 2.24) is 0 Å². The number of carbonyl (C=O) groups is 4. The van der Waals surface area contributed by atoms with Crippen LogP contribution in [-0.4, -0.2) is 69.3 Å². The molecule has 1 aliphatic carbocycles. The molecule has 12 heteroatoms. The van der Waals surface area contributed by atoms with Gasteiger partial charge in [0.1, 0.15) is 23.0 Å². The van der Waals surface area contributed by atoms with Crippen LogP contribution in [0.5, 0.6) is 23.0 Å². The van der Waals surface area contributed by atoms with Crippen LogP contribution in [0.15, 0.2) is 79.4 Å². The van der Waals surface area contributed by atoms with E-state index in [1.54, 1.807) is 73.7 Å². The Hall–Kier alpha value is -5.04. The predicted octanol–water partition coefficient (Wildman–Crippen LogP) is 9.69. The molecule has 0 aromatic heterocycles. The first kappa shape index (κ1) is 46.0. The van der Waals surface area contributed by atoms with Crippen molar-refractivity contribution < 1.29 is 57.1 Å². The second-order valence-corrected chi connectivity index (χ2v) is 15.2. The minimum Gasteiger partial charge on any atom is -0.494 e. The van der Waals surface area contributed by atoms with Crippen LogP contribution in [0, 0.1) is 12.8 Å². The van der Waals surface area contributed by atoms with Gasteiger partial charge in [0.05, 0.1) is 36.4 Å². The average molecular weight is 829 g/mol. The van der Waals surface area contributed by atoms with Crippen LogP contribution in [-0.2, 0) is 28.5 Å². The normalized spacial score (nSPS) is 17.6. The zero-order chi connectivity index (χ0) is 42.4. The third-order valence-electron chi connectivity index (χ3n) is 10.5. The van der Waals surface area contributed by atoms with Crippen LogP contribution in [0.3, 0.4) is 0 Å². The maximum atomic E-state index is 13.0. The summed E-state index contributed by atoms with van der Waals surface area (Å²) in [6, 6.07) is 17.8. The highest BCUT2D eigenvalue weighted by Gasteiger charge is 2.28. The molecular formula is C48H60O12. The third kappa shape index (κ3) is 16.2. The van der Waals surface area contributed by atoms with E-state index in [-0.39, 0.29) is 24.3 Å². The molecule has 1 atom stereocenters. The molecule has 1 aliphatic heterocycles. The fourth-order valence-corrected chi connectivity index (χ4v) is 6.98. The van der Waals surface area contributed by atoms with Gasteiger partial charge in [-0.05, 0) is 163 Å². The number of aryl methyl sites for hydroxylation is 1. The molecule has 1 saturated carbocycles. The summed E-state index contributed by atoms with van der Waals surface area (Å²) in [5.41, 5.74) is 1.25. The Labute approximate surface area is 353 Å². The van der Waals surface area contributed by atoms with Gasteiger partial charge in [-0.15, -0.1) is 0 Å². The summed E-state index contributed by atoms with van der Waals surface area (Å²) >= 11 is 0. The second-order valence-electron chi connectivity index (χ2n) is 15.2. The molecule has 12 nitrogen and oxygen atoms in total. The van der Waals surface area contributed by atoms with Gasteiger partial charge >= 0.3 is 23.9 Å². The lowest BCUT2D eigenvalue weighted by Crippen LogP contribution is -2.29. The third-order valence-corrected chi connectivity index (χ3v) is 10.5. The molecule has 0 amide bonds. The molecule has 0 spiro atoms. The smallest absolute Gasteiger partial charge is 0.343 e. The zero-order valence-electron chi connectivity index (χ0n) is 34.9. The molecule has 1 unspecified atom stereocenters. The van der Waals surface area contributed by atoms with E-state index < -0.39 is 17.9 Å². The fraction of sp³-hybridized carbons (Fsp3) is 0.500. The maximum Gasteiger partial charge on any atom is 0.343 e. The average Bonchev–Trinajstić information content (AvgIpc) is 3.27. The van der Waals surface area contributed by atoms with Gasteiger partial charge in [-0.25, -0.2) is 14.4 Å². The summed E-state index contributed by atoms with van der Waals surface area (Å²) in [5, 5.41) is 0. The predicted molar refractivity (Wildman–Crippen MR) is 224 cm³/mol. The van der Waals surface area contributed by atoms with Crippen molar-refractivity contribution in [3.63, 3.8) is 0 Å². The summed E-state index contributed by atoms with van der Waals surface area (Å²) in [6.07, 6.45) is 15.5. The second kappa shape index (κ2) is 25.6. The monoisotopic (exact) mass is 828 g/mol. The van der Waals surface area contributed by atoms with E-state index in [1.165, 1.54) is 6.42 Å². The highest BCUT2D eigenvalue weighted by Crippen LogP contribution is 2.29. The summed E-state index contributed by atoms with van der Waals surface area (Å²) in [5.74, 6) is -0.347. The Bertz CT molecular complexity index is 1790. The van der Waals surface area contributed by atoms with Crippen LogP contribution in [0.2, 0.25) is 0 Å². The molecule has 1 saturated heterocycles. The molecule has 0 radical (unpaired) electrons. The highest BCUT2D eigenvalue weighted by molar-refractivity contribution is 5.92. The molecule has 3 aromatic rings. The Morgan fingerprint density at radius 1 is 0.633 bits per heavy atom. The molecule has 0 N–H and O–H groups in total. The van der Waals surface area contributed by atoms with Crippen molar-refractivity contribution in [2.45, 2.75) is 116 Å². The lowest BCUT2D eigenvalue weighted by Gasteiger charge is -2.27. The Morgan fingerprint density at radius 2 is 1.23 bits per heavy atom. The quantitative estimate of drug-likeness (QED) is 0.0367. The molecule has 324 valence electrons. The minimum atomic E-state index is -0.577. The lowest BCUT2D eigenvalue weighted by atomic mass is 9.87. The molecule has 2 aliphatic rings. The number of carbonyl (C=O) groups excluding carboxylic acids is 4. The van der Waals surface area contributed by atoms with Gasteiger partial charge < -0.3 is 37.9 Å². The van der Waals surface area contributed by atoms with Crippen molar-refractivity contribution in [3.05, 3.63) is 96.1 Å². The zero-order valence-corrected chi connectivity index (χ0v) is 34.9. The number of ether oxygens (including phenoxy) is 8. The number of benzene rings is 3. The van der Waals surface area contributed by atoms with Crippen LogP contribution >= 0.6 is 0 Å². The van der Waals surface area contributed by atoms with Gasteiger partial charge in [0, 0.05) is 25.9 Å². The molecule has 60 heavy (non-hydrogen) atoms. The summed E-state index contributed by atoms with van der Waals surface area (Å²) in [4.78, 5) is 49.7. The van der Waals surface area contributed by atoms with E-state index >= 15 is 0 Å². The fourth-order valence-electron chi connectivity index (χ4n) is 6.98. The minimum absolute atomic E-state index is 0.0138. The van der Waals surface area contributed by atoms with Gasteiger partial charge in [0.15, 0.2) is 6.29 Å². The van der Waals surface area contributed by atoms with Crippen LogP contribution in [0.1, 0.15) is 123 Å². The summed E-state index contributed by atoms with van der Waals surface area (Å²) in [6.45, 7) is 8.33. The molecule has 3 aromatic carbocycles. The number of unbranched alkanes of at least 4 members (excludes halogenated alkanes) is 6. The number of rotatable bonds is 24. The number of esters is 4. The van der Waals surface area contributed by atoms with Gasteiger partial charge in [-0.2, -0.15) is 0 Å². The van der Waals surface area contributed by atoms with Crippen molar-refractivity contribution in [3.8, 4) is 23.0 Å². The first-order chi connectivity index (χ1) is 29.3. The van der Waals surface area contributed by atoms with E-state index in [0.29, 0.717) is 52.9 Å². The van der Waals surface area contributed by atoms with Crippen LogP contribution < -0.4 is 18.9 Å². The van der Waals surface area contributed by atoms with Crippen LogP contribution in [0.4, 0.5) is 0 Å². The van der Waals surface area contributed by atoms with E-state index in [0.717, 1.165) is 116 Å². The molecular weight excluding hydrogens is 769 g/mol. The van der Waals surface area contributed by atoms with Crippen LogP contribution in [0.25, 0.3) is 0 Å². The summed E-state index contributed by atoms with van der Waals surface area (Å²) in [7, 11) is 0. The van der Waals surface area contributed by atoms with Crippen molar-refractivity contribution in [2.75, 3.05) is 33.0 Å². The number of hydrogen-bond acceptors (Lipinski definition) is 12.